The zero-order chi connectivity index (χ0) is 23.3. The molecular weight excluding hydrogens is 450 g/mol. The van der Waals surface area contributed by atoms with Crippen LogP contribution in [0.5, 0.6) is 0 Å². The van der Waals surface area contributed by atoms with Crippen LogP contribution in [0.2, 0.25) is 0 Å². The van der Waals surface area contributed by atoms with E-state index in [1.165, 1.54) is 37.3 Å². The monoisotopic (exact) mass is 475 g/mol. The van der Waals surface area contributed by atoms with Gasteiger partial charge in [0.05, 0.1) is 33.0 Å². The number of hydrogen-bond donors (Lipinski definition) is 1. The van der Waals surface area contributed by atoms with Crippen molar-refractivity contribution < 1.29 is 22.7 Å². The van der Waals surface area contributed by atoms with Crippen LogP contribution in [0.4, 0.5) is 5.69 Å². The summed E-state index contributed by atoms with van der Waals surface area (Å²) >= 11 is 1.28. The van der Waals surface area contributed by atoms with Crippen LogP contribution in [0, 0.1) is 0 Å². The van der Waals surface area contributed by atoms with Gasteiger partial charge < -0.3 is 14.6 Å². The quantitative estimate of drug-likeness (QED) is 0.504. The second-order valence-corrected chi connectivity index (χ2v) is 10.2. The summed E-state index contributed by atoms with van der Waals surface area (Å²) in [4.78, 5) is 29.1. The molecular formula is C22H25N3O5S2. The standard InChI is InChI=1S/C22H25N3O5S2/c1-4-30-13-12-25-18-11-10-16(23-15(3)26)14-19(18)31-22(25)24-21(27)17-8-6-7-9-20(17)32(28,29)5-2/h6-11,14H,4-5,12-13H2,1-3H3,(H,23,26). The molecule has 3 aromatic rings. The Morgan fingerprint density at radius 1 is 1.16 bits per heavy atom. The van der Waals surface area contributed by atoms with E-state index in [-0.39, 0.29) is 22.1 Å². The van der Waals surface area contributed by atoms with E-state index in [9.17, 15) is 18.0 Å². The number of carbonyl (C=O) groups excluding carboxylic acids is 2. The number of amides is 2. The van der Waals surface area contributed by atoms with Crippen LogP contribution < -0.4 is 10.1 Å². The van der Waals surface area contributed by atoms with Gasteiger partial charge in [-0.1, -0.05) is 30.4 Å². The van der Waals surface area contributed by atoms with Crippen LogP contribution in [0.15, 0.2) is 52.4 Å². The van der Waals surface area contributed by atoms with Gasteiger partial charge in [0.1, 0.15) is 0 Å². The summed E-state index contributed by atoms with van der Waals surface area (Å²) < 4.78 is 33.0. The van der Waals surface area contributed by atoms with Crippen LogP contribution in [0.1, 0.15) is 31.1 Å². The molecule has 0 unspecified atom stereocenters. The highest BCUT2D eigenvalue weighted by Gasteiger charge is 2.20. The average Bonchev–Trinajstić information content (AvgIpc) is 3.09. The number of aromatic nitrogens is 1. The van der Waals surface area contributed by atoms with Crippen LogP contribution in [0.3, 0.4) is 0 Å². The molecule has 8 nitrogen and oxygen atoms in total. The van der Waals surface area contributed by atoms with Gasteiger partial charge >= 0.3 is 0 Å². The molecule has 0 aliphatic carbocycles. The van der Waals surface area contributed by atoms with Crippen molar-refractivity contribution in [1.82, 2.24) is 4.57 Å². The molecule has 1 aromatic heterocycles. The Bertz CT molecular complexity index is 1320. The van der Waals surface area contributed by atoms with Crippen molar-refractivity contribution in [2.24, 2.45) is 4.99 Å². The van der Waals surface area contributed by atoms with Gasteiger partial charge in [-0.3, -0.25) is 9.59 Å². The minimum atomic E-state index is -3.58. The van der Waals surface area contributed by atoms with Crippen molar-refractivity contribution in [2.75, 3.05) is 24.3 Å². The topological polar surface area (TPSA) is 107 Å². The Kier molecular flexibility index (Phi) is 7.60. The summed E-state index contributed by atoms with van der Waals surface area (Å²) in [6, 6.07) is 11.5. The first-order chi connectivity index (χ1) is 15.3. The molecule has 170 valence electrons. The number of anilines is 1. The summed E-state index contributed by atoms with van der Waals surface area (Å²) in [7, 11) is -3.58. The van der Waals surface area contributed by atoms with Gasteiger partial charge in [-0.05, 0) is 37.3 Å². The van der Waals surface area contributed by atoms with Gasteiger partial charge in [-0.15, -0.1) is 0 Å². The molecule has 0 saturated heterocycles. The molecule has 0 saturated carbocycles. The summed E-state index contributed by atoms with van der Waals surface area (Å²) in [6.07, 6.45) is 0. The molecule has 0 aliphatic heterocycles. The maximum Gasteiger partial charge on any atom is 0.280 e. The smallest absolute Gasteiger partial charge is 0.280 e. The predicted molar refractivity (Wildman–Crippen MR) is 125 cm³/mol. The van der Waals surface area contributed by atoms with Crippen LogP contribution in [-0.2, 0) is 25.9 Å². The van der Waals surface area contributed by atoms with E-state index >= 15 is 0 Å². The molecule has 0 fully saturated rings. The van der Waals surface area contributed by atoms with Crippen molar-refractivity contribution in [3.05, 3.63) is 52.8 Å². The fourth-order valence-corrected chi connectivity index (χ4v) is 5.35. The van der Waals surface area contributed by atoms with Gasteiger partial charge in [0.2, 0.25) is 5.91 Å². The molecule has 32 heavy (non-hydrogen) atoms. The van der Waals surface area contributed by atoms with E-state index in [1.807, 2.05) is 23.6 Å². The highest BCUT2D eigenvalue weighted by Crippen LogP contribution is 2.23. The fourth-order valence-electron chi connectivity index (χ4n) is 3.17. The molecule has 0 spiro atoms. The summed E-state index contributed by atoms with van der Waals surface area (Å²) in [5, 5.41) is 2.74. The van der Waals surface area contributed by atoms with E-state index in [2.05, 4.69) is 10.3 Å². The van der Waals surface area contributed by atoms with Crippen LogP contribution >= 0.6 is 11.3 Å². The summed E-state index contributed by atoms with van der Waals surface area (Å²) in [5.41, 5.74) is 1.52. The number of carbonyl (C=O) groups is 2. The minimum absolute atomic E-state index is 0.0221. The second-order valence-electron chi connectivity index (χ2n) is 6.91. The number of benzene rings is 2. The second kappa shape index (κ2) is 10.2. The lowest BCUT2D eigenvalue weighted by molar-refractivity contribution is -0.114. The molecule has 1 heterocycles. The molecule has 0 radical (unpaired) electrons. The maximum absolute atomic E-state index is 13.0. The van der Waals surface area contributed by atoms with Crippen LogP contribution in [-0.4, -0.2) is 43.8 Å². The first-order valence-electron chi connectivity index (χ1n) is 10.2. The van der Waals surface area contributed by atoms with Crippen molar-refractivity contribution in [1.29, 1.82) is 0 Å². The Balaban J connectivity index is 2.13. The number of rotatable bonds is 8. The minimum Gasteiger partial charge on any atom is -0.380 e. The lowest BCUT2D eigenvalue weighted by Crippen LogP contribution is -2.20. The number of ether oxygens (including phenoxy) is 1. The molecule has 0 bridgehead atoms. The number of hydrogen-bond acceptors (Lipinski definition) is 6. The molecule has 10 heteroatoms. The number of thiazole rings is 1. The van der Waals surface area contributed by atoms with Crippen LogP contribution in [0.25, 0.3) is 10.2 Å². The maximum atomic E-state index is 13.0. The Morgan fingerprint density at radius 3 is 2.59 bits per heavy atom. The van der Waals surface area contributed by atoms with Gasteiger partial charge in [-0.2, -0.15) is 4.99 Å². The van der Waals surface area contributed by atoms with Crippen molar-refractivity contribution >= 4 is 48.9 Å². The van der Waals surface area contributed by atoms with E-state index in [0.29, 0.717) is 30.2 Å². The van der Waals surface area contributed by atoms with Gasteiger partial charge in [0.25, 0.3) is 5.91 Å². The SMILES string of the molecule is CCOCCn1c(=NC(=O)c2ccccc2S(=O)(=O)CC)sc2cc(NC(C)=O)ccc21. The fraction of sp³-hybridized carbons (Fsp3) is 0.318. The third kappa shape index (κ3) is 5.32. The third-order valence-corrected chi connectivity index (χ3v) is 7.52. The Morgan fingerprint density at radius 2 is 1.91 bits per heavy atom. The molecule has 3 rings (SSSR count). The first kappa shape index (κ1) is 23.8. The predicted octanol–water partition coefficient (Wildman–Crippen LogP) is 3.23. The Hall–Kier alpha value is -2.82. The van der Waals surface area contributed by atoms with Gasteiger partial charge in [0, 0.05) is 25.8 Å². The summed E-state index contributed by atoms with van der Waals surface area (Å²) in [5.74, 6) is -0.920. The van der Waals surface area contributed by atoms with Crippen molar-refractivity contribution in [3.8, 4) is 0 Å². The van der Waals surface area contributed by atoms with E-state index in [0.717, 1.165) is 10.2 Å². The highest BCUT2D eigenvalue weighted by molar-refractivity contribution is 7.91. The lowest BCUT2D eigenvalue weighted by atomic mass is 10.2. The van der Waals surface area contributed by atoms with Gasteiger partial charge in [-0.25, -0.2) is 8.42 Å². The van der Waals surface area contributed by atoms with Crippen molar-refractivity contribution in [2.45, 2.75) is 32.2 Å². The van der Waals surface area contributed by atoms with E-state index in [4.69, 9.17) is 4.74 Å². The number of fused-ring (bicyclic) bond motifs is 1. The van der Waals surface area contributed by atoms with E-state index < -0.39 is 15.7 Å². The number of nitrogens with zero attached hydrogens (tertiary/aromatic N) is 2. The normalized spacial score (nSPS) is 12.3. The largest absolute Gasteiger partial charge is 0.380 e. The van der Waals surface area contributed by atoms with E-state index in [1.54, 1.807) is 18.2 Å². The van der Waals surface area contributed by atoms with Gasteiger partial charge in [0.15, 0.2) is 14.6 Å². The molecule has 1 N–H and O–H groups in total. The average molecular weight is 476 g/mol. The van der Waals surface area contributed by atoms with Crippen molar-refractivity contribution in [3.63, 3.8) is 0 Å². The Labute approximate surface area is 190 Å². The lowest BCUT2D eigenvalue weighted by Gasteiger charge is -2.07. The molecule has 2 amide bonds. The highest BCUT2D eigenvalue weighted by atomic mass is 32.2. The summed E-state index contributed by atoms with van der Waals surface area (Å²) in [6.45, 7) is 6.32. The number of nitrogens with one attached hydrogen (secondary N) is 1. The number of sulfone groups is 1. The molecule has 0 aliphatic rings. The molecule has 0 atom stereocenters. The first-order valence-corrected chi connectivity index (χ1v) is 12.6. The molecule has 2 aromatic carbocycles. The zero-order valence-corrected chi connectivity index (χ0v) is 19.8. The third-order valence-electron chi connectivity index (χ3n) is 4.70. The zero-order valence-electron chi connectivity index (χ0n) is 18.1.